The number of carbonyl (C=O) groups excluding carboxylic acids is 2. The first-order valence-electron chi connectivity index (χ1n) is 8.23. The van der Waals surface area contributed by atoms with Gasteiger partial charge in [-0.1, -0.05) is 0 Å². The van der Waals surface area contributed by atoms with E-state index in [0.29, 0.717) is 44.7 Å². The normalized spacial score (nSPS) is 14.4. The number of carbonyl (C=O) groups is 2. The topological polar surface area (TPSA) is 65.8 Å². The van der Waals surface area contributed by atoms with Gasteiger partial charge in [0, 0.05) is 44.7 Å². The number of nitrogens with one attached hydrogen (secondary N) is 1. The molecule has 3 rings (SSSR count). The van der Waals surface area contributed by atoms with Crippen LogP contribution in [-0.4, -0.2) is 47.9 Å². The van der Waals surface area contributed by atoms with Crippen molar-refractivity contribution in [3.8, 4) is 0 Å². The Hall–Kier alpha value is -2.83. The van der Waals surface area contributed by atoms with E-state index in [2.05, 4.69) is 5.32 Å². The van der Waals surface area contributed by atoms with Crippen molar-refractivity contribution in [2.24, 2.45) is 0 Å². The monoisotopic (exact) mass is 345 g/mol. The Labute approximate surface area is 145 Å². The van der Waals surface area contributed by atoms with Crippen LogP contribution in [0.5, 0.6) is 0 Å². The average Bonchev–Trinajstić information content (AvgIpc) is 3.15. The maximum absolute atomic E-state index is 12.9. The lowest BCUT2D eigenvalue weighted by Crippen LogP contribution is -2.51. The van der Waals surface area contributed by atoms with Crippen LogP contribution in [0.1, 0.15) is 12.2 Å². The molecule has 0 spiro atoms. The Balaban J connectivity index is 1.43. The molecule has 6 nitrogen and oxygen atoms in total. The molecular formula is C18H20FN3O3. The highest BCUT2D eigenvalue weighted by molar-refractivity contribution is 5.89. The second-order valence-electron chi connectivity index (χ2n) is 5.88. The van der Waals surface area contributed by atoms with Gasteiger partial charge in [-0.2, -0.15) is 0 Å². The van der Waals surface area contributed by atoms with Crippen molar-refractivity contribution >= 4 is 17.6 Å². The maximum atomic E-state index is 12.9. The number of piperazine rings is 1. The third-order valence-electron chi connectivity index (χ3n) is 4.18. The zero-order valence-electron chi connectivity index (χ0n) is 13.8. The number of halogens is 1. The van der Waals surface area contributed by atoms with Gasteiger partial charge in [0.2, 0.25) is 5.91 Å². The van der Waals surface area contributed by atoms with Gasteiger partial charge in [-0.25, -0.2) is 9.18 Å². The second-order valence-corrected chi connectivity index (χ2v) is 5.88. The molecular weight excluding hydrogens is 325 g/mol. The SMILES string of the molecule is O=C(CCc1ccco1)N1CCN(C(=O)Nc2ccc(F)cc2)CC1. The number of amides is 3. The number of hydrogen-bond donors (Lipinski definition) is 1. The molecule has 0 radical (unpaired) electrons. The highest BCUT2D eigenvalue weighted by Gasteiger charge is 2.24. The van der Waals surface area contributed by atoms with E-state index in [4.69, 9.17) is 4.42 Å². The molecule has 1 fully saturated rings. The van der Waals surface area contributed by atoms with E-state index >= 15 is 0 Å². The van der Waals surface area contributed by atoms with Gasteiger partial charge >= 0.3 is 6.03 Å². The van der Waals surface area contributed by atoms with E-state index in [1.165, 1.54) is 24.3 Å². The molecule has 0 bridgehead atoms. The van der Waals surface area contributed by atoms with Crippen LogP contribution in [0.2, 0.25) is 0 Å². The van der Waals surface area contributed by atoms with Crippen molar-refractivity contribution in [1.29, 1.82) is 0 Å². The number of aryl methyl sites for hydroxylation is 1. The molecule has 1 N–H and O–H groups in total. The smallest absolute Gasteiger partial charge is 0.321 e. The number of rotatable bonds is 4. The van der Waals surface area contributed by atoms with Crippen molar-refractivity contribution in [3.63, 3.8) is 0 Å². The Morgan fingerprint density at radius 2 is 1.72 bits per heavy atom. The summed E-state index contributed by atoms with van der Waals surface area (Å²) in [4.78, 5) is 27.9. The lowest BCUT2D eigenvalue weighted by molar-refractivity contribution is -0.132. The molecule has 25 heavy (non-hydrogen) atoms. The second kappa shape index (κ2) is 7.83. The largest absolute Gasteiger partial charge is 0.469 e. The summed E-state index contributed by atoms with van der Waals surface area (Å²) >= 11 is 0. The summed E-state index contributed by atoms with van der Waals surface area (Å²) in [5.74, 6) is 0.514. The quantitative estimate of drug-likeness (QED) is 0.927. The minimum atomic E-state index is -0.348. The number of urea groups is 1. The van der Waals surface area contributed by atoms with Crippen molar-refractivity contribution in [1.82, 2.24) is 9.80 Å². The van der Waals surface area contributed by atoms with E-state index in [1.54, 1.807) is 22.1 Å². The molecule has 2 heterocycles. The molecule has 132 valence electrons. The van der Waals surface area contributed by atoms with Gasteiger partial charge in [0.05, 0.1) is 6.26 Å². The predicted octanol–water partition coefficient (Wildman–Crippen LogP) is 2.73. The van der Waals surface area contributed by atoms with Gasteiger partial charge in [0.25, 0.3) is 0 Å². The molecule has 1 aromatic carbocycles. The standard InChI is InChI=1S/C18H20FN3O3/c19-14-3-5-15(6-4-14)20-18(24)22-11-9-21(10-12-22)17(23)8-7-16-2-1-13-25-16/h1-6,13H,7-12H2,(H,20,24). The third-order valence-corrected chi connectivity index (χ3v) is 4.18. The zero-order chi connectivity index (χ0) is 17.6. The van der Waals surface area contributed by atoms with Gasteiger partial charge in [0.15, 0.2) is 0 Å². The number of anilines is 1. The van der Waals surface area contributed by atoms with Crippen LogP contribution in [0, 0.1) is 5.82 Å². The number of nitrogens with zero attached hydrogens (tertiary/aromatic N) is 2. The van der Waals surface area contributed by atoms with Gasteiger partial charge < -0.3 is 19.5 Å². The van der Waals surface area contributed by atoms with Gasteiger partial charge in [-0.15, -0.1) is 0 Å². The number of benzene rings is 1. The molecule has 1 saturated heterocycles. The van der Waals surface area contributed by atoms with E-state index in [9.17, 15) is 14.0 Å². The molecule has 1 aliphatic heterocycles. The Bertz CT molecular complexity index is 708. The molecule has 1 aromatic heterocycles. The van der Waals surface area contributed by atoms with Crippen molar-refractivity contribution < 1.29 is 18.4 Å². The number of furan rings is 1. The summed E-state index contributed by atoms with van der Waals surface area (Å²) in [6.45, 7) is 1.96. The summed E-state index contributed by atoms with van der Waals surface area (Å²) < 4.78 is 18.1. The molecule has 2 aromatic rings. The first-order valence-corrected chi connectivity index (χ1v) is 8.23. The van der Waals surface area contributed by atoms with Crippen LogP contribution in [0.15, 0.2) is 47.1 Å². The van der Waals surface area contributed by atoms with Crippen LogP contribution >= 0.6 is 0 Å². The Kier molecular flexibility index (Phi) is 5.33. The lowest BCUT2D eigenvalue weighted by Gasteiger charge is -2.34. The van der Waals surface area contributed by atoms with Crippen LogP contribution in [0.3, 0.4) is 0 Å². The summed E-state index contributed by atoms with van der Waals surface area (Å²) in [6, 6.07) is 9.04. The fraction of sp³-hybridized carbons (Fsp3) is 0.333. The van der Waals surface area contributed by atoms with E-state index in [-0.39, 0.29) is 17.8 Å². The van der Waals surface area contributed by atoms with Crippen LogP contribution in [0.4, 0.5) is 14.9 Å². The highest BCUT2D eigenvalue weighted by atomic mass is 19.1. The maximum Gasteiger partial charge on any atom is 0.321 e. The van der Waals surface area contributed by atoms with Crippen molar-refractivity contribution in [3.05, 3.63) is 54.2 Å². The minimum Gasteiger partial charge on any atom is -0.469 e. The Morgan fingerprint density at radius 3 is 2.36 bits per heavy atom. The first kappa shape index (κ1) is 17.0. The van der Waals surface area contributed by atoms with Gasteiger partial charge in [-0.3, -0.25) is 4.79 Å². The van der Waals surface area contributed by atoms with Crippen molar-refractivity contribution in [2.45, 2.75) is 12.8 Å². The predicted molar refractivity (Wildman–Crippen MR) is 90.6 cm³/mol. The van der Waals surface area contributed by atoms with Crippen LogP contribution < -0.4 is 5.32 Å². The van der Waals surface area contributed by atoms with Crippen molar-refractivity contribution in [2.75, 3.05) is 31.5 Å². The zero-order valence-corrected chi connectivity index (χ0v) is 13.8. The number of hydrogen-bond acceptors (Lipinski definition) is 3. The Morgan fingerprint density at radius 1 is 1.04 bits per heavy atom. The van der Waals surface area contributed by atoms with E-state index in [0.717, 1.165) is 5.76 Å². The first-order chi connectivity index (χ1) is 12.1. The fourth-order valence-corrected chi connectivity index (χ4v) is 2.74. The van der Waals surface area contributed by atoms with Crippen LogP contribution in [0.25, 0.3) is 0 Å². The minimum absolute atomic E-state index is 0.0648. The summed E-state index contributed by atoms with van der Waals surface area (Å²) in [7, 11) is 0. The lowest BCUT2D eigenvalue weighted by atomic mass is 10.2. The molecule has 3 amide bonds. The molecule has 0 saturated carbocycles. The molecule has 1 aliphatic rings. The van der Waals surface area contributed by atoms with Gasteiger partial charge in [-0.05, 0) is 36.4 Å². The molecule has 7 heteroatoms. The van der Waals surface area contributed by atoms with E-state index < -0.39 is 0 Å². The van der Waals surface area contributed by atoms with E-state index in [1.807, 2.05) is 6.07 Å². The summed E-state index contributed by atoms with van der Waals surface area (Å²) in [5.41, 5.74) is 0.545. The summed E-state index contributed by atoms with van der Waals surface area (Å²) in [5, 5.41) is 2.73. The van der Waals surface area contributed by atoms with Crippen LogP contribution in [-0.2, 0) is 11.2 Å². The van der Waals surface area contributed by atoms with Gasteiger partial charge in [0.1, 0.15) is 11.6 Å². The average molecular weight is 345 g/mol. The summed E-state index contributed by atoms with van der Waals surface area (Å²) in [6.07, 6.45) is 2.57. The third kappa shape index (κ3) is 4.59. The molecule has 0 unspecified atom stereocenters. The fourth-order valence-electron chi connectivity index (χ4n) is 2.74. The highest BCUT2D eigenvalue weighted by Crippen LogP contribution is 2.12. The molecule has 0 atom stereocenters. The molecule has 0 aliphatic carbocycles.